The first-order chi connectivity index (χ1) is 34.2. The van der Waals surface area contributed by atoms with Crippen LogP contribution in [0.2, 0.25) is 0 Å². The van der Waals surface area contributed by atoms with E-state index in [1.807, 2.05) is 0 Å². The highest BCUT2D eigenvalue weighted by Gasteiger charge is 2.35. The van der Waals surface area contributed by atoms with Gasteiger partial charge in [-0.15, -0.1) is 11.3 Å². The number of hydrogen-bond donors (Lipinski definition) is 0. The molecule has 6 nitrogen and oxygen atoms in total. The van der Waals surface area contributed by atoms with Crippen LogP contribution in [0.5, 0.6) is 0 Å². The maximum atomic E-state index is 12.5. The van der Waals surface area contributed by atoms with E-state index >= 15 is 0 Å². The second kappa shape index (κ2) is 14.1. The smallest absolute Gasteiger partial charge is 0.104 e. The number of nitriles is 2. The van der Waals surface area contributed by atoms with Gasteiger partial charge in [-0.3, -0.25) is 0 Å². The molecule has 318 valence electrons. The van der Waals surface area contributed by atoms with Crippen LogP contribution in [-0.4, -0.2) is 18.3 Å². The standard InChI is InChI=1S/C62H34N6S/c63-35-46-58(68-54-31-15-7-23-43(54)44-33-34-56-57(59(44)68)45-24-8-16-32-55(45)69-56)47(36-64)61(66-50-27-11-3-19-39(50)40-20-4-12-28-51(40)66)62(67-52-29-13-5-21-41(52)42-22-6-14-30-53(42)67)60(46)65-48-25-9-1-17-37(48)38-18-2-10-26-49(38)65/h1-34H. The van der Waals surface area contributed by atoms with Gasteiger partial charge < -0.3 is 18.3 Å². The van der Waals surface area contributed by atoms with E-state index in [2.05, 4.69) is 237 Å². The first-order valence-electron chi connectivity index (χ1n) is 23.1. The van der Waals surface area contributed by atoms with Crippen LogP contribution in [-0.2, 0) is 0 Å². The van der Waals surface area contributed by atoms with Gasteiger partial charge in [0.05, 0.1) is 66.9 Å². The largest absolute Gasteiger partial charge is 0.306 e. The number of nitrogens with zero attached hydrogens (tertiary/aromatic N) is 6. The first kappa shape index (κ1) is 37.8. The Bertz CT molecular complexity index is 4510. The Kier molecular flexibility index (Phi) is 7.70. The van der Waals surface area contributed by atoms with Gasteiger partial charge in [0.25, 0.3) is 0 Å². The van der Waals surface area contributed by atoms with E-state index in [9.17, 15) is 10.5 Å². The lowest BCUT2D eigenvalue weighted by molar-refractivity contribution is 1.02. The molecule has 10 aromatic carbocycles. The average molecular weight is 895 g/mol. The molecule has 0 bridgehead atoms. The Morgan fingerprint density at radius 1 is 0.275 bits per heavy atom. The highest BCUT2D eigenvalue weighted by molar-refractivity contribution is 7.26. The van der Waals surface area contributed by atoms with E-state index in [1.54, 1.807) is 11.3 Å². The van der Waals surface area contributed by atoms with Crippen LogP contribution < -0.4 is 0 Å². The maximum absolute atomic E-state index is 12.5. The Morgan fingerprint density at radius 3 is 0.986 bits per heavy atom. The van der Waals surface area contributed by atoms with Crippen LogP contribution in [0.1, 0.15) is 11.1 Å². The molecule has 5 aromatic heterocycles. The monoisotopic (exact) mass is 894 g/mol. The summed E-state index contributed by atoms with van der Waals surface area (Å²) in [6.45, 7) is 0. The molecule has 0 saturated heterocycles. The Labute approximate surface area is 397 Å². The lowest BCUT2D eigenvalue weighted by Crippen LogP contribution is -2.17. The number of aromatic nitrogens is 4. The van der Waals surface area contributed by atoms with E-state index in [-0.39, 0.29) is 0 Å². The van der Waals surface area contributed by atoms with Crippen molar-refractivity contribution in [3.63, 3.8) is 0 Å². The van der Waals surface area contributed by atoms with Crippen molar-refractivity contribution >= 4 is 119 Å². The average Bonchev–Trinajstić information content (AvgIpc) is 4.21. The van der Waals surface area contributed by atoms with Crippen LogP contribution in [0.3, 0.4) is 0 Å². The molecular formula is C62H34N6S. The van der Waals surface area contributed by atoms with Gasteiger partial charge in [0.15, 0.2) is 0 Å². The predicted molar refractivity (Wildman–Crippen MR) is 286 cm³/mol. The summed E-state index contributed by atoms with van der Waals surface area (Å²) in [5.41, 5.74) is 11.0. The molecule has 7 heteroatoms. The zero-order valence-electron chi connectivity index (χ0n) is 36.7. The van der Waals surface area contributed by atoms with Crippen molar-refractivity contribution in [1.82, 2.24) is 18.3 Å². The van der Waals surface area contributed by atoms with E-state index in [0.29, 0.717) is 28.2 Å². The Morgan fingerprint density at radius 2 is 0.594 bits per heavy atom. The summed E-state index contributed by atoms with van der Waals surface area (Å²) in [7, 11) is 0. The second-order valence-electron chi connectivity index (χ2n) is 17.8. The highest BCUT2D eigenvalue weighted by Crippen LogP contribution is 2.50. The van der Waals surface area contributed by atoms with Gasteiger partial charge in [-0.05, 0) is 54.6 Å². The fourth-order valence-electron chi connectivity index (χ4n) is 11.8. The minimum absolute atomic E-state index is 0.388. The van der Waals surface area contributed by atoms with Crippen LogP contribution in [0, 0.1) is 22.7 Å². The van der Waals surface area contributed by atoms with Crippen molar-refractivity contribution in [3.05, 3.63) is 217 Å². The molecule has 69 heavy (non-hydrogen) atoms. The third-order valence-corrected chi connectivity index (χ3v) is 15.6. The van der Waals surface area contributed by atoms with Crippen LogP contribution >= 0.6 is 11.3 Å². The molecule has 0 spiro atoms. The van der Waals surface area contributed by atoms with Crippen molar-refractivity contribution in [2.75, 3.05) is 0 Å². The van der Waals surface area contributed by atoms with Crippen molar-refractivity contribution in [2.45, 2.75) is 0 Å². The summed E-state index contributed by atoms with van der Waals surface area (Å²) >= 11 is 1.77. The van der Waals surface area contributed by atoms with Crippen molar-refractivity contribution in [2.24, 2.45) is 0 Å². The number of rotatable bonds is 4. The van der Waals surface area contributed by atoms with Crippen LogP contribution in [0.4, 0.5) is 0 Å². The summed E-state index contributed by atoms with van der Waals surface area (Å²) in [6, 6.07) is 78.2. The molecule has 15 rings (SSSR count). The van der Waals surface area contributed by atoms with Gasteiger partial charge in [0.2, 0.25) is 0 Å². The number of fused-ring (bicyclic) bond motifs is 16. The summed E-state index contributed by atoms with van der Waals surface area (Å²) in [4.78, 5) is 0. The van der Waals surface area contributed by atoms with Crippen molar-refractivity contribution in [1.29, 1.82) is 10.5 Å². The number of thiophene rings is 1. The molecule has 0 saturated carbocycles. The molecule has 0 radical (unpaired) electrons. The third kappa shape index (κ3) is 4.91. The molecule has 0 unspecified atom stereocenters. The minimum Gasteiger partial charge on any atom is -0.306 e. The molecule has 0 amide bonds. The van der Waals surface area contributed by atoms with Gasteiger partial charge in [-0.1, -0.05) is 152 Å². The summed E-state index contributed by atoms with van der Waals surface area (Å²) in [5.74, 6) is 0. The fraction of sp³-hybridized carbons (Fsp3) is 0. The SMILES string of the molecule is N#Cc1c(-n2c3ccccc3c3ccccc32)c(-n2c3ccccc3c3ccccc32)c(-n2c3ccccc3c3ccccc32)c(C#N)c1-n1c2ccccc2c2ccc3sc4ccccc4c3c21. The Hall–Kier alpha value is -9.40. The van der Waals surface area contributed by atoms with Crippen LogP contribution in [0.15, 0.2) is 206 Å². The van der Waals surface area contributed by atoms with E-state index in [1.165, 1.54) is 4.70 Å². The van der Waals surface area contributed by atoms with Gasteiger partial charge in [-0.2, -0.15) is 10.5 Å². The van der Waals surface area contributed by atoms with Gasteiger partial charge in [0, 0.05) is 63.3 Å². The van der Waals surface area contributed by atoms with E-state index in [0.717, 1.165) is 108 Å². The topological polar surface area (TPSA) is 67.3 Å². The maximum Gasteiger partial charge on any atom is 0.104 e. The minimum atomic E-state index is 0.388. The quantitative estimate of drug-likeness (QED) is 0.177. The van der Waals surface area contributed by atoms with E-state index < -0.39 is 0 Å². The predicted octanol–water partition coefficient (Wildman–Crippen LogP) is 16.2. The Balaban J connectivity index is 1.30. The molecular weight excluding hydrogens is 861 g/mol. The second-order valence-corrected chi connectivity index (χ2v) is 18.8. The molecule has 15 aromatic rings. The molecule has 0 fully saturated rings. The van der Waals surface area contributed by atoms with Gasteiger partial charge in [0.1, 0.15) is 23.3 Å². The first-order valence-corrected chi connectivity index (χ1v) is 23.9. The molecule has 0 aliphatic carbocycles. The summed E-state index contributed by atoms with van der Waals surface area (Å²) in [6.07, 6.45) is 0. The zero-order valence-corrected chi connectivity index (χ0v) is 37.5. The number of para-hydroxylation sites is 7. The van der Waals surface area contributed by atoms with Gasteiger partial charge in [-0.25, -0.2) is 0 Å². The molecule has 0 aliphatic rings. The van der Waals surface area contributed by atoms with E-state index in [4.69, 9.17) is 0 Å². The summed E-state index contributed by atoms with van der Waals surface area (Å²) in [5, 5.41) is 35.7. The zero-order chi connectivity index (χ0) is 45.5. The fourth-order valence-corrected chi connectivity index (χ4v) is 12.9. The molecule has 0 atom stereocenters. The number of benzene rings is 10. The highest BCUT2D eigenvalue weighted by atomic mass is 32.1. The summed E-state index contributed by atoms with van der Waals surface area (Å²) < 4.78 is 11.5. The lowest BCUT2D eigenvalue weighted by Gasteiger charge is -2.27. The molecule has 0 aliphatic heterocycles. The number of hydrogen-bond acceptors (Lipinski definition) is 3. The van der Waals surface area contributed by atoms with Crippen LogP contribution in [0.25, 0.3) is 130 Å². The van der Waals surface area contributed by atoms with Crippen molar-refractivity contribution in [3.8, 4) is 34.9 Å². The normalized spacial score (nSPS) is 12.0. The molecule has 5 heterocycles. The molecule has 0 N–H and O–H groups in total. The lowest BCUT2D eigenvalue weighted by atomic mass is 9.98. The van der Waals surface area contributed by atoms with Crippen molar-refractivity contribution < 1.29 is 0 Å². The third-order valence-electron chi connectivity index (χ3n) is 14.4. The van der Waals surface area contributed by atoms with Gasteiger partial charge >= 0.3 is 0 Å².